The van der Waals surface area contributed by atoms with Gasteiger partial charge in [0, 0.05) is 23.1 Å². The summed E-state index contributed by atoms with van der Waals surface area (Å²) in [5, 5.41) is 12.0. The first-order valence-corrected chi connectivity index (χ1v) is 11.5. The van der Waals surface area contributed by atoms with Crippen molar-refractivity contribution in [3.05, 3.63) is 58.4 Å². The summed E-state index contributed by atoms with van der Waals surface area (Å²) in [5.74, 6) is 0.657. The van der Waals surface area contributed by atoms with Crippen molar-refractivity contribution in [1.29, 1.82) is 0 Å². The van der Waals surface area contributed by atoms with Crippen LogP contribution < -0.4 is 15.0 Å². The number of aromatic hydroxyl groups is 1. The Morgan fingerprint density at radius 2 is 1.87 bits per heavy atom. The predicted molar refractivity (Wildman–Crippen MR) is 119 cm³/mol. The standard InChI is InChI=1S/C22H22N2O6S/c1-29-15-7-8-19(20(11-15)30-2)24-21(25)17-6-4-3-5-16(17)18(22(24)26)12-23-14-9-10-31(27,28)13-14/h3-8,11-12,14,26H,9-10,13H2,1-2H3/t14-/m0/s1. The summed E-state index contributed by atoms with van der Waals surface area (Å²) in [4.78, 5) is 17.7. The van der Waals surface area contributed by atoms with E-state index in [1.807, 2.05) is 0 Å². The minimum atomic E-state index is -3.09. The molecule has 1 N–H and O–H groups in total. The van der Waals surface area contributed by atoms with Crippen molar-refractivity contribution in [2.75, 3.05) is 25.7 Å². The maximum Gasteiger partial charge on any atom is 0.265 e. The van der Waals surface area contributed by atoms with E-state index in [-0.39, 0.29) is 23.4 Å². The highest BCUT2D eigenvalue weighted by Crippen LogP contribution is 2.32. The molecular weight excluding hydrogens is 420 g/mol. The van der Waals surface area contributed by atoms with E-state index in [1.165, 1.54) is 20.4 Å². The molecule has 2 heterocycles. The predicted octanol–water partition coefficient (Wildman–Crippen LogP) is 2.32. The van der Waals surface area contributed by atoms with E-state index >= 15 is 0 Å². The van der Waals surface area contributed by atoms with Crippen LogP contribution in [0.1, 0.15) is 12.0 Å². The van der Waals surface area contributed by atoms with Crippen molar-refractivity contribution < 1.29 is 23.0 Å². The van der Waals surface area contributed by atoms with Gasteiger partial charge in [0.15, 0.2) is 9.84 Å². The number of sulfone groups is 1. The molecule has 1 saturated heterocycles. The van der Waals surface area contributed by atoms with Gasteiger partial charge in [0.25, 0.3) is 5.56 Å². The van der Waals surface area contributed by atoms with Gasteiger partial charge in [-0.05, 0) is 24.6 Å². The van der Waals surface area contributed by atoms with Gasteiger partial charge in [-0.1, -0.05) is 18.2 Å². The van der Waals surface area contributed by atoms with E-state index in [0.29, 0.717) is 39.9 Å². The second-order valence-corrected chi connectivity index (χ2v) is 9.52. The Morgan fingerprint density at radius 3 is 2.52 bits per heavy atom. The maximum atomic E-state index is 13.3. The molecule has 1 aromatic heterocycles. The number of nitrogens with zero attached hydrogens (tertiary/aromatic N) is 2. The van der Waals surface area contributed by atoms with Crippen LogP contribution in [0.3, 0.4) is 0 Å². The number of benzene rings is 2. The quantitative estimate of drug-likeness (QED) is 0.608. The molecule has 0 aliphatic carbocycles. The second-order valence-electron chi connectivity index (χ2n) is 7.30. The van der Waals surface area contributed by atoms with Gasteiger partial charge in [-0.2, -0.15) is 0 Å². The molecule has 31 heavy (non-hydrogen) atoms. The maximum absolute atomic E-state index is 13.3. The third-order valence-electron chi connectivity index (χ3n) is 5.35. The number of ether oxygens (including phenoxy) is 2. The lowest BCUT2D eigenvalue weighted by Gasteiger charge is -2.17. The molecule has 0 spiro atoms. The molecule has 1 aliphatic rings. The summed E-state index contributed by atoms with van der Waals surface area (Å²) in [7, 11) is -0.103. The topological polar surface area (TPSA) is 107 Å². The van der Waals surface area contributed by atoms with Gasteiger partial charge < -0.3 is 14.6 Å². The zero-order valence-electron chi connectivity index (χ0n) is 17.1. The smallest absolute Gasteiger partial charge is 0.265 e. The molecule has 2 aromatic carbocycles. The zero-order chi connectivity index (χ0) is 22.2. The van der Waals surface area contributed by atoms with Gasteiger partial charge in [0.05, 0.1) is 43.0 Å². The average molecular weight is 442 g/mol. The number of aromatic nitrogens is 1. The second kappa shape index (κ2) is 8.07. The summed E-state index contributed by atoms with van der Waals surface area (Å²) in [5.41, 5.74) is 0.254. The lowest BCUT2D eigenvalue weighted by molar-refractivity contribution is 0.389. The molecule has 1 atom stereocenters. The van der Waals surface area contributed by atoms with Gasteiger partial charge in [-0.25, -0.2) is 13.0 Å². The largest absolute Gasteiger partial charge is 0.497 e. The normalized spacial score (nSPS) is 17.9. The Labute approximate surface area is 179 Å². The number of aliphatic imine (C=N–C) groups is 1. The van der Waals surface area contributed by atoms with E-state index in [1.54, 1.807) is 42.5 Å². The first-order chi connectivity index (χ1) is 14.8. The van der Waals surface area contributed by atoms with Crippen molar-refractivity contribution in [1.82, 2.24) is 4.57 Å². The molecule has 0 saturated carbocycles. The Hall–Kier alpha value is -3.33. The van der Waals surface area contributed by atoms with Crippen molar-refractivity contribution in [3.8, 4) is 23.1 Å². The van der Waals surface area contributed by atoms with Crippen molar-refractivity contribution in [2.24, 2.45) is 4.99 Å². The fourth-order valence-corrected chi connectivity index (χ4v) is 5.39. The number of rotatable bonds is 5. The van der Waals surface area contributed by atoms with Crippen molar-refractivity contribution >= 4 is 26.8 Å². The summed E-state index contributed by atoms with van der Waals surface area (Å²) in [6, 6.07) is 11.4. The number of hydrogen-bond donors (Lipinski definition) is 1. The zero-order valence-corrected chi connectivity index (χ0v) is 17.9. The molecule has 8 nitrogen and oxygen atoms in total. The summed E-state index contributed by atoms with van der Waals surface area (Å²) in [6.07, 6.45) is 1.89. The lowest BCUT2D eigenvalue weighted by atomic mass is 10.1. The Morgan fingerprint density at radius 1 is 1.13 bits per heavy atom. The van der Waals surface area contributed by atoms with Gasteiger partial charge in [0.2, 0.25) is 5.88 Å². The van der Waals surface area contributed by atoms with E-state index in [9.17, 15) is 18.3 Å². The number of methoxy groups -OCH3 is 2. The molecule has 0 unspecified atom stereocenters. The molecule has 3 aromatic rings. The summed E-state index contributed by atoms with van der Waals surface area (Å²) >= 11 is 0. The van der Waals surface area contributed by atoms with Crippen LogP contribution in [0.5, 0.6) is 17.4 Å². The Bertz CT molecular complexity index is 1340. The average Bonchev–Trinajstić information content (AvgIpc) is 3.12. The van der Waals surface area contributed by atoms with Crippen LogP contribution in [-0.2, 0) is 9.84 Å². The van der Waals surface area contributed by atoms with E-state index in [0.717, 1.165) is 4.57 Å². The van der Waals surface area contributed by atoms with Gasteiger partial charge in [-0.3, -0.25) is 9.79 Å². The van der Waals surface area contributed by atoms with E-state index < -0.39 is 15.4 Å². The molecule has 0 amide bonds. The van der Waals surface area contributed by atoms with Crippen LogP contribution in [0.2, 0.25) is 0 Å². The number of pyridine rings is 1. The number of hydrogen-bond acceptors (Lipinski definition) is 7. The summed E-state index contributed by atoms with van der Waals surface area (Å²) < 4.78 is 35.3. The molecular formula is C22H22N2O6S. The van der Waals surface area contributed by atoms with Crippen LogP contribution >= 0.6 is 0 Å². The summed E-state index contributed by atoms with van der Waals surface area (Å²) in [6.45, 7) is 0. The fraction of sp³-hybridized carbons (Fsp3) is 0.273. The Kier molecular flexibility index (Phi) is 5.45. The SMILES string of the molecule is COc1ccc(-n2c(O)c(C=N[C@H]3CCS(=O)(=O)C3)c3ccccc3c2=O)c(OC)c1. The fourth-order valence-electron chi connectivity index (χ4n) is 3.76. The molecule has 0 bridgehead atoms. The van der Waals surface area contributed by atoms with E-state index in [2.05, 4.69) is 4.99 Å². The molecule has 4 rings (SSSR count). The van der Waals surface area contributed by atoms with Crippen LogP contribution in [-0.4, -0.2) is 56.1 Å². The highest BCUT2D eigenvalue weighted by atomic mass is 32.2. The monoisotopic (exact) mass is 442 g/mol. The van der Waals surface area contributed by atoms with Crippen LogP contribution in [0.15, 0.2) is 52.3 Å². The Balaban J connectivity index is 1.93. The third kappa shape index (κ3) is 3.88. The van der Waals surface area contributed by atoms with Gasteiger partial charge in [-0.15, -0.1) is 0 Å². The lowest BCUT2D eigenvalue weighted by Crippen LogP contribution is -2.21. The van der Waals surface area contributed by atoms with Gasteiger partial charge in [0.1, 0.15) is 11.5 Å². The molecule has 9 heteroatoms. The first-order valence-electron chi connectivity index (χ1n) is 9.67. The van der Waals surface area contributed by atoms with Crippen LogP contribution in [0.25, 0.3) is 16.5 Å². The van der Waals surface area contributed by atoms with Crippen LogP contribution in [0.4, 0.5) is 0 Å². The number of fused-ring (bicyclic) bond motifs is 1. The highest BCUT2D eigenvalue weighted by molar-refractivity contribution is 7.91. The van der Waals surface area contributed by atoms with Crippen molar-refractivity contribution in [2.45, 2.75) is 12.5 Å². The van der Waals surface area contributed by atoms with Crippen LogP contribution in [0, 0.1) is 0 Å². The molecule has 1 fully saturated rings. The van der Waals surface area contributed by atoms with E-state index in [4.69, 9.17) is 9.47 Å². The minimum Gasteiger partial charge on any atom is -0.497 e. The minimum absolute atomic E-state index is 0.0197. The van der Waals surface area contributed by atoms with Gasteiger partial charge >= 0.3 is 0 Å². The molecule has 0 radical (unpaired) electrons. The molecule has 1 aliphatic heterocycles. The third-order valence-corrected chi connectivity index (χ3v) is 7.10. The highest BCUT2D eigenvalue weighted by Gasteiger charge is 2.27. The van der Waals surface area contributed by atoms with Crippen molar-refractivity contribution in [3.63, 3.8) is 0 Å². The first kappa shape index (κ1) is 20.9. The molecule has 162 valence electrons.